The van der Waals surface area contributed by atoms with Crippen molar-refractivity contribution < 1.29 is 10.2 Å². The third-order valence-corrected chi connectivity index (χ3v) is 4.33. The maximum Gasteiger partial charge on any atom is 0.157 e. The summed E-state index contributed by atoms with van der Waals surface area (Å²) in [5.41, 5.74) is 2.40. The van der Waals surface area contributed by atoms with Crippen molar-refractivity contribution >= 4 is 17.0 Å². The van der Waals surface area contributed by atoms with Crippen LogP contribution in [0, 0.1) is 0 Å². The lowest BCUT2D eigenvalue weighted by Gasteiger charge is -2.35. The van der Waals surface area contributed by atoms with Crippen LogP contribution in [0.25, 0.3) is 0 Å². The molecule has 120 valence electrons. The second-order valence-electron chi connectivity index (χ2n) is 5.90. The second kappa shape index (κ2) is 8.64. The molecule has 4 heteroatoms. The molecule has 1 aliphatic rings. The van der Waals surface area contributed by atoms with Crippen molar-refractivity contribution in [3.8, 4) is 11.5 Å². The summed E-state index contributed by atoms with van der Waals surface area (Å²) in [7, 11) is 0. The molecule has 0 aromatic heterocycles. The Bertz CT molecular complexity index is 451. The molecule has 2 rings (SSSR count). The van der Waals surface area contributed by atoms with Crippen molar-refractivity contribution in [2.75, 3.05) is 13.1 Å². The van der Waals surface area contributed by atoms with Crippen molar-refractivity contribution in [1.82, 2.24) is 4.90 Å². The molecule has 1 unspecified atom stereocenters. The standard InChI is InChI=1S/C17H27NO2.BrH/c1-3-5-9-18(8-4-2)15-7-6-13-11-16(19)17(20)12-14(13)10-15;/h11-12,15,19-20H,3-10H2,1-2H3;1H. The quantitative estimate of drug-likeness (QED) is 0.754. The first-order valence-electron chi connectivity index (χ1n) is 7.93. The van der Waals surface area contributed by atoms with Crippen LogP contribution in [0.5, 0.6) is 11.5 Å². The summed E-state index contributed by atoms with van der Waals surface area (Å²) in [5.74, 6) is 0.0265. The predicted molar refractivity (Wildman–Crippen MR) is 92.7 cm³/mol. The molecule has 0 amide bonds. The van der Waals surface area contributed by atoms with Crippen LogP contribution in [-0.2, 0) is 12.8 Å². The van der Waals surface area contributed by atoms with Gasteiger partial charge in [0.15, 0.2) is 11.5 Å². The van der Waals surface area contributed by atoms with Gasteiger partial charge in [0.2, 0.25) is 0 Å². The lowest BCUT2D eigenvalue weighted by Crippen LogP contribution is -2.40. The zero-order valence-electron chi connectivity index (χ0n) is 13.1. The van der Waals surface area contributed by atoms with E-state index in [0.29, 0.717) is 6.04 Å². The Hall–Kier alpha value is -0.740. The Balaban J connectivity index is 0.00000220. The summed E-state index contributed by atoms with van der Waals surface area (Å²) in [5, 5.41) is 19.3. The molecule has 0 aliphatic heterocycles. The van der Waals surface area contributed by atoms with Gasteiger partial charge in [0.05, 0.1) is 0 Å². The summed E-state index contributed by atoms with van der Waals surface area (Å²) in [6.45, 7) is 6.80. The van der Waals surface area contributed by atoms with Gasteiger partial charge in [-0.15, -0.1) is 17.0 Å². The van der Waals surface area contributed by atoms with Crippen LogP contribution in [0.1, 0.15) is 50.7 Å². The van der Waals surface area contributed by atoms with E-state index in [4.69, 9.17) is 0 Å². The van der Waals surface area contributed by atoms with Crippen LogP contribution in [0.15, 0.2) is 12.1 Å². The highest BCUT2D eigenvalue weighted by molar-refractivity contribution is 8.93. The van der Waals surface area contributed by atoms with Gasteiger partial charge < -0.3 is 15.1 Å². The number of phenolic OH excluding ortho intramolecular Hbond substituents is 2. The number of fused-ring (bicyclic) bond motifs is 1. The zero-order valence-corrected chi connectivity index (χ0v) is 14.9. The summed E-state index contributed by atoms with van der Waals surface area (Å²) in [4.78, 5) is 2.61. The molecular weight excluding hydrogens is 330 g/mol. The van der Waals surface area contributed by atoms with E-state index >= 15 is 0 Å². The van der Waals surface area contributed by atoms with Gasteiger partial charge >= 0.3 is 0 Å². The van der Waals surface area contributed by atoms with E-state index in [1.165, 1.54) is 36.9 Å². The molecule has 0 bridgehead atoms. The lowest BCUT2D eigenvalue weighted by atomic mass is 9.87. The van der Waals surface area contributed by atoms with Gasteiger partial charge in [0.1, 0.15) is 0 Å². The van der Waals surface area contributed by atoms with Gasteiger partial charge in [-0.2, -0.15) is 0 Å². The summed E-state index contributed by atoms with van der Waals surface area (Å²) >= 11 is 0. The van der Waals surface area contributed by atoms with Gasteiger partial charge in [0, 0.05) is 6.04 Å². The number of aromatic hydroxyl groups is 2. The van der Waals surface area contributed by atoms with E-state index < -0.39 is 0 Å². The highest BCUT2D eigenvalue weighted by Crippen LogP contribution is 2.33. The SMILES string of the molecule is Br.CCCCN(CCC)C1CCc2cc(O)c(O)cc2C1. The first-order valence-corrected chi connectivity index (χ1v) is 7.93. The van der Waals surface area contributed by atoms with Crippen molar-refractivity contribution in [2.24, 2.45) is 0 Å². The van der Waals surface area contributed by atoms with E-state index in [2.05, 4.69) is 18.7 Å². The lowest BCUT2D eigenvalue weighted by molar-refractivity contribution is 0.177. The molecule has 0 radical (unpaired) electrons. The minimum atomic E-state index is 0. The van der Waals surface area contributed by atoms with Crippen LogP contribution in [0.3, 0.4) is 0 Å². The van der Waals surface area contributed by atoms with Gasteiger partial charge in [-0.05, 0) is 68.5 Å². The molecule has 0 spiro atoms. The minimum absolute atomic E-state index is 0. The number of rotatable bonds is 6. The Labute approximate surface area is 138 Å². The minimum Gasteiger partial charge on any atom is -0.504 e. The van der Waals surface area contributed by atoms with Crippen molar-refractivity contribution in [3.05, 3.63) is 23.3 Å². The van der Waals surface area contributed by atoms with Gasteiger partial charge in [-0.1, -0.05) is 20.3 Å². The molecule has 1 aromatic rings. The number of hydrogen-bond acceptors (Lipinski definition) is 3. The highest BCUT2D eigenvalue weighted by Gasteiger charge is 2.24. The van der Waals surface area contributed by atoms with Crippen LogP contribution < -0.4 is 0 Å². The molecule has 0 heterocycles. The van der Waals surface area contributed by atoms with Gasteiger partial charge in [0.25, 0.3) is 0 Å². The van der Waals surface area contributed by atoms with Crippen LogP contribution >= 0.6 is 17.0 Å². The van der Waals surface area contributed by atoms with E-state index in [1.54, 1.807) is 12.1 Å². The number of halogens is 1. The zero-order chi connectivity index (χ0) is 14.5. The van der Waals surface area contributed by atoms with E-state index in [1.807, 2.05) is 0 Å². The van der Waals surface area contributed by atoms with E-state index in [-0.39, 0.29) is 28.5 Å². The van der Waals surface area contributed by atoms with Crippen molar-refractivity contribution in [2.45, 2.75) is 58.4 Å². The normalized spacial score (nSPS) is 17.4. The summed E-state index contributed by atoms with van der Waals surface area (Å²) in [6, 6.07) is 4.07. The third-order valence-electron chi connectivity index (χ3n) is 4.33. The van der Waals surface area contributed by atoms with E-state index in [9.17, 15) is 10.2 Å². The van der Waals surface area contributed by atoms with Crippen molar-refractivity contribution in [1.29, 1.82) is 0 Å². The Morgan fingerprint density at radius 3 is 2.33 bits per heavy atom. The number of benzene rings is 1. The second-order valence-corrected chi connectivity index (χ2v) is 5.90. The maximum atomic E-state index is 9.68. The monoisotopic (exact) mass is 357 g/mol. The molecule has 1 atom stereocenters. The average Bonchev–Trinajstić information content (AvgIpc) is 2.44. The molecular formula is C17H28BrNO2. The number of unbranched alkanes of at least 4 members (excludes halogenated alkanes) is 1. The molecule has 2 N–H and O–H groups in total. The molecule has 21 heavy (non-hydrogen) atoms. The van der Waals surface area contributed by atoms with Crippen molar-refractivity contribution in [3.63, 3.8) is 0 Å². The molecule has 0 saturated heterocycles. The van der Waals surface area contributed by atoms with Gasteiger partial charge in [-0.3, -0.25) is 0 Å². The maximum absolute atomic E-state index is 9.68. The fourth-order valence-electron chi connectivity index (χ4n) is 3.20. The Morgan fingerprint density at radius 2 is 1.71 bits per heavy atom. The molecule has 0 saturated carbocycles. The Morgan fingerprint density at radius 1 is 1.05 bits per heavy atom. The van der Waals surface area contributed by atoms with Gasteiger partial charge in [-0.25, -0.2) is 0 Å². The number of aryl methyl sites for hydroxylation is 1. The van der Waals surface area contributed by atoms with E-state index in [0.717, 1.165) is 25.8 Å². The largest absolute Gasteiger partial charge is 0.504 e. The molecule has 1 aromatic carbocycles. The first kappa shape index (κ1) is 18.3. The van der Waals surface area contributed by atoms with Crippen LogP contribution in [0.4, 0.5) is 0 Å². The smallest absolute Gasteiger partial charge is 0.157 e. The topological polar surface area (TPSA) is 43.7 Å². The first-order chi connectivity index (χ1) is 9.65. The number of hydrogen-bond donors (Lipinski definition) is 2. The highest BCUT2D eigenvalue weighted by atomic mass is 79.9. The fraction of sp³-hybridized carbons (Fsp3) is 0.647. The average molecular weight is 358 g/mol. The van der Waals surface area contributed by atoms with Crippen LogP contribution in [0.2, 0.25) is 0 Å². The molecule has 0 fully saturated rings. The number of nitrogens with zero attached hydrogens (tertiary/aromatic N) is 1. The summed E-state index contributed by atoms with van der Waals surface area (Å²) < 4.78 is 0. The predicted octanol–water partition coefficient (Wildman–Crippen LogP) is 4.05. The fourth-order valence-corrected chi connectivity index (χ4v) is 3.20. The third kappa shape index (κ3) is 4.62. The Kier molecular flexibility index (Phi) is 7.53. The van der Waals surface area contributed by atoms with Crippen LogP contribution in [-0.4, -0.2) is 34.2 Å². The summed E-state index contributed by atoms with van der Waals surface area (Å²) in [6.07, 6.45) is 6.82. The molecule has 3 nitrogen and oxygen atoms in total. The number of phenols is 2. The molecule has 1 aliphatic carbocycles.